The number of allylic oxidation sites excluding steroid dienone is 1. The van der Waals surface area contributed by atoms with Gasteiger partial charge in [-0.05, 0) is 44.1 Å². The second kappa shape index (κ2) is 12.3. The summed E-state index contributed by atoms with van der Waals surface area (Å²) < 4.78 is 0. The Hall–Kier alpha value is -0.460. The van der Waals surface area contributed by atoms with Gasteiger partial charge in [0.2, 0.25) is 0 Å². The molecule has 0 aromatic heterocycles. The van der Waals surface area contributed by atoms with Crippen molar-refractivity contribution in [2.45, 2.75) is 51.4 Å². The molecule has 0 N–H and O–H groups in total. The second-order valence-corrected chi connectivity index (χ2v) is 5.97. The lowest BCUT2D eigenvalue weighted by atomic mass is 9.99. The zero-order valence-electron chi connectivity index (χ0n) is 12.3. The lowest BCUT2D eigenvalue weighted by molar-refractivity contribution is 0.664. The fraction of sp³-hybridized carbons (Fsp3) is 0.556. The lowest BCUT2D eigenvalue weighted by Crippen LogP contribution is -1.88. The highest BCUT2D eigenvalue weighted by atomic mass is 35.5. The highest BCUT2D eigenvalue weighted by Crippen LogP contribution is 2.20. The molecule has 0 saturated heterocycles. The van der Waals surface area contributed by atoms with E-state index in [1.165, 1.54) is 44.1 Å². The fourth-order valence-corrected chi connectivity index (χ4v) is 2.68. The van der Waals surface area contributed by atoms with E-state index in [9.17, 15) is 0 Å². The summed E-state index contributed by atoms with van der Waals surface area (Å²) in [5.41, 5.74) is 2.89. The Bertz CT molecular complexity index is 343. The van der Waals surface area contributed by atoms with E-state index in [0.717, 1.165) is 24.6 Å². The Morgan fingerprint density at radius 3 is 1.80 bits per heavy atom. The molecule has 1 aromatic rings. The van der Waals surface area contributed by atoms with Gasteiger partial charge in [-0.15, -0.1) is 23.2 Å². The molecule has 0 heterocycles. The first-order valence-corrected chi connectivity index (χ1v) is 8.80. The van der Waals surface area contributed by atoms with Gasteiger partial charge in [0.05, 0.1) is 0 Å². The first-order valence-electron chi connectivity index (χ1n) is 7.73. The molecule has 2 heteroatoms. The molecule has 1 aromatic carbocycles. The van der Waals surface area contributed by atoms with Crippen LogP contribution < -0.4 is 0 Å². The molecule has 0 amide bonds. The van der Waals surface area contributed by atoms with Crippen LogP contribution in [0.3, 0.4) is 0 Å². The third-order valence-electron chi connectivity index (χ3n) is 3.43. The molecule has 0 aliphatic rings. The predicted molar refractivity (Wildman–Crippen MR) is 92.8 cm³/mol. The van der Waals surface area contributed by atoms with Gasteiger partial charge in [-0.3, -0.25) is 0 Å². The molecule has 112 valence electrons. The Morgan fingerprint density at radius 2 is 1.30 bits per heavy atom. The Balaban J connectivity index is 2.47. The number of unbranched alkanes of at least 4 members (excludes halogenated alkanes) is 4. The van der Waals surface area contributed by atoms with Crippen LogP contribution in [0.25, 0.3) is 6.08 Å². The molecule has 20 heavy (non-hydrogen) atoms. The van der Waals surface area contributed by atoms with Gasteiger partial charge in [-0.25, -0.2) is 0 Å². The van der Waals surface area contributed by atoms with Crippen molar-refractivity contribution in [3.05, 3.63) is 41.5 Å². The molecule has 0 aliphatic heterocycles. The zero-order valence-corrected chi connectivity index (χ0v) is 13.8. The van der Waals surface area contributed by atoms with E-state index in [-0.39, 0.29) is 0 Å². The van der Waals surface area contributed by atoms with Gasteiger partial charge in [0.15, 0.2) is 0 Å². The van der Waals surface area contributed by atoms with Gasteiger partial charge in [0.1, 0.15) is 0 Å². The van der Waals surface area contributed by atoms with E-state index >= 15 is 0 Å². The van der Waals surface area contributed by atoms with Crippen molar-refractivity contribution in [1.29, 1.82) is 0 Å². The summed E-state index contributed by atoms with van der Waals surface area (Å²) in [4.78, 5) is 0. The Morgan fingerprint density at radius 1 is 0.750 bits per heavy atom. The van der Waals surface area contributed by atoms with E-state index in [1.807, 2.05) is 0 Å². The average Bonchev–Trinajstić information content (AvgIpc) is 2.49. The molecule has 0 nitrogen and oxygen atoms in total. The minimum Gasteiger partial charge on any atom is -0.127 e. The minimum atomic E-state index is 0.785. The molecule has 0 bridgehead atoms. The van der Waals surface area contributed by atoms with Crippen LogP contribution in [-0.4, -0.2) is 11.8 Å². The first-order chi connectivity index (χ1) is 9.86. The summed E-state index contributed by atoms with van der Waals surface area (Å²) in [5.74, 6) is 1.57. The van der Waals surface area contributed by atoms with Crippen LogP contribution in [0.1, 0.15) is 56.9 Å². The number of alkyl halides is 2. The van der Waals surface area contributed by atoms with Gasteiger partial charge in [0, 0.05) is 11.8 Å². The molecule has 0 aliphatic carbocycles. The minimum absolute atomic E-state index is 0.785. The summed E-state index contributed by atoms with van der Waals surface area (Å²) >= 11 is 11.5. The van der Waals surface area contributed by atoms with Crippen LogP contribution in [-0.2, 0) is 0 Å². The SMILES string of the molecule is ClCCCCCC(=Cc1ccccc1)CCCCCCl. The molecule has 1 rings (SSSR count). The smallest absolute Gasteiger partial charge is 0.0223 e. The number of halogens is 2. The van der Waals surface area contributed by atoms with Crippen molar-refractivity contribution in [3.8, 4) is 0 Å². The summed E-state index contributed by atoms with van der Waals surface area (Å²) in [7, 11) is 0. The standard InChI is InChI=1S/C18H26Cl2/c19-14-8-2-6-12-18(13-7-3-9-15-20)16-17-10-4-1-5-11-17/h1,4-5,10-11,16H,2-3,6-9,12-15H2. The van der Waals surface area contributed by atoms with Crippen LogP contribution in [0.15, 0.2) is 35.9 Å². The van der Waals surface area contributed by atoms with E-state index < -0.39 is 0 Å². The molecular weight excluding hydrogens is 287 g/mol. The highest BCUT2D eigenvalue weighted by Gasteiger charge is 2.00. The van der Waals surface area contributed by atoms with Crippen LogP contribution in [0.2, 0.25) is 0 Å². The summed E-state index contributed by atoms with van der Waals surface area (Å²) in [6.07, 6.45) is 12.0. The van der Waals surface area contributed by atoms with Crippen molar-refractivity contribution in [2.24, 2.45) is 0 Å². The van der Waals surface area contributed by atoms with Crippen molar-refractivity contribution in [1.82, 2.24) is 0 Å². The Kier molecular flexibility index (Phi) is 10.8. The Labute approximate surface area is 134 Å². The molecular formula is C18H26Cl2. The normalized spacial score (nSPS) is 10.5. The quantitative estimate of drug-likeness (QED) is 0.316. The van der Waals surface area contributed by atoms with Crippen molar-refractivity contribution < 1.29 is 0 Å². The molecule has 0 atom stereocenters. The van der Waals surface area contributed by atoms with Gasteiger partial charge in [0.25, 0.3) is 0 Å². The van der Waals surface area contributed by atoms with E-state index in [2.05, 4.69) is 36.4 Å². The fourth-order valence-electron chi connectivity index (χ4n) is 2.30. The highest BCUT2D eigenvalue weighted by molar-refractivity contribution is 6.18. The van der Waals surface area contributed by atoms with Crippen LogP contribution >= 0.6 is 23.2 Å². The number of hydrogen-bond acceptors (Lipinski definition) is 0. The molecule has 0 radical (unpaired) electrons. The van der Waals surface area contributed by atoms with Gasteiger partial charge in [-0.2, -0.15) is 0 Å². The van der Waals surface area contributed by atoms with Crippen molar-refractivity contribution in [2.75, 3.05) is 11.8 Å². The monoisotopic (exact) mass is 312 g/mol. The summed E-state index contributed by atoms with van der Waals surface area (Å²) in [6, 6.07) is 10.6. The van der Waals surface area contributed by atoms with Gasteiger partial charge in [-0.1, -0.05) is 54.8 Å². The molecule has 0 saturated carbocycles. The molecule has 0 fully saturated rings. The third kappa shape index (κ3) is 8.66. The predicted octanol–water partition coefficient (Wildman–Crippen LogP) is 6.67. The maximum Gasteiger partial charge on any atom is 0.0223 e. The average molecular weight is 313 g/mol. The zero-order chi connectivity index (χ0) is 14.5. The largest absolute Gasteiger partial charge is 0.127 e. The molecule has 0 spiro atoms. The number of benzene rings is 1. The third-order valence-corrected chi connectivity index (χ3v) is 3.97. The van der Waals surface area contributed by atoms with E-state index in [0.29, 0.717) is 0 Å². The topological polar surface area (TPSA) is 0 Å². The van der Waals surface area contributed by atoms with Crippen LogP contribution in [0.4, 0.5) is 0 Å². The lowest BCUT2D eigenvalue weighted by Gasteiger charge is -2.08. The van der Waals surface area contributed by atoms with Crippen LogP contribution in [0.5, 0.6) is 0 Å². The van der Waals surface area contributed by atoms with Crippen molar-refractivity contribution in [3.63, 3.8) is 0 Å². The number of rotatable bonds is 11. The van der Waals surface area contributed by atoms with E-state index in [1.54, 1.807) is 5.57 Å². The van der Waals surface area contributed by atoms with E-state index in [4.69, 9.17) is 23.2 Å². The summed E-state index contributed by atoms with van der Waals surface area (Å²) in [6.45, 7) is 0. The van der Waals surface area contributed by atoms with Crippen LogP contribution in [0, 0.1) is 0 Å². The maximum absolute atomic E-state index is 5.74. The van der Waals surface area contributed by atoms with Crippen molar-refractivity contribution >= 4 is 29.3 Å². The second-order valence-electron chi connectivity index (χ2n) is 5.21. The van der Waals surface area contributed by atoms with Gasteiger partial charge >= 0.3 is 0 Å². The first kappa shape index (κ1) is 17.6. The maximum atomic E-state index is 5.74. The molecule has 0 unspecified atom stereocenters. The van der Waals surface area contributed by atoms with Gasteiger partial charge < -0.3 is 0 Å². The number of hydrogen-bond donors (Lipinski definition) is 0. The summed E-state index contributed by atoms with van der Waals surface area (Å²) in [5, 5.41) is 0.